The second-order valence-corrected chi connectivity index (χ2v) is 5.66. The van der Waals surface area contributed by atoms with Crippen molar-refractivity contribution in [2.45, 2.75) is 32.4 Å². The number of benzene rings is 2. The lowest BCUT2D eigenvalue weighted by Gasteiger charge is -2.19. The number of fused-ring (bicyclic) bond motifs is 1. The Morgan fingerprint density at radius 1 is 1.05 bits per heavy atom. The van der Waals surface area contributed by atoms with Gasteiger partial charge in [-0.2, -0.15) is 0 Å². The molecule has 0 saturated heterocycles. The van der Waals surface area contributed by atoms with Gasteiger partial charge in [0, 0.05) is 20.0 Å². The molecule has 0 bridgehead atoms. The molecule has 1 heterocycles. The van der Waals surface area contributed by atoms with Crippen molar-refractivity contribution in [3.63, 3.8) is 0 Å². The highest BCUT2D eigenvalue weighted by Gasteiger charge is 2.22. The molecule has 21 heavy (non-hydrogen) atoms. The van der Waals surface area contributed by atoms with Crippen LogP contribution in [0.4, 0.5) is 0 Å². The fourth-order valence-corrected chi connectivity index (χ4v) is 2.98. The van der Waals surface area contributed by atoms with Crippen LogP contribution in [0.2, 0.25) is 0 Å². The minimum atomic E-state index is 0.119. The van der Waals surface area contributed by atoms with Gasteiger partial charge < -0.3 is 4.90 Å². The molecule has 0 saturated carbocycles. The van der Waals surface area contributed by atoms with E-state index in [1.807, 2.05) is 0 Å². The van der Waals surface area contributed by atoms with Crippen LogP contribution in [0.25, 0.3) is 0 Å². The van der Waals surface area contributed by atoms with Gasteiger partial charge in [0.25, 0.3) is 0 Å². The molecule has 0 amide bonds. The first-order valence-corrected chi connectivity index (χ1v) is 7.70. The summed E-state index contributed by atoms with van der Waals surface area (Å²) in [7, 11) is 2.15. The maximum absolute atomic E-state index is 5.10. The van der Waals surface area contributed by atoms with Gasteiger partial charge in [-0.1, -0.05) is 61.5 Å². The molecule has 0 spiro atoms. The molecular formula is C19H22N2. The molecule has 0 aliphatic carbocycles. The van der Waals surface area contributed by atoms with Crippen molar-refractivity contribution < 1.29 is 0 Å². The van der Waals surface area contributed by atoms with Crippen LogP contribution >= 0.6 is 0 Å². The number of nitrogens with zero attached hydrogens (tertiary/aromatic N) is 2. The van der Waals surface area contributed by atoms with Crippen molar-refractivity contribution in [3.05, 3.63) is 71.3 Å². The summed E-state index contributed by atoms with van der Waals surface area (Å²) >= 11 is 0. The van der Waals surface area contributed by atoms with Crippen molar-refractivity contribution >= 4 is 5.84 Å². The monoisotopic (exact) mass is 278 g/mol. The van der Waals surface area contributed by atoms with Crippen molar-refractivity contribution in [2.75, 3.05) is 7.05 Å². The summed E-state index contributed by atoms with van der Waals surface area (Å²) in [6.45, 7) is 3.16. The highest BCUT2D eigenvalue weighted by Crippen LogP contribution is 2.32. The molecule has 1 aliphatic heterocycles. The van der Waals surface area contributed by atoms with Gasteiger partial charge in [0.15, 0.2) is 0 Å². The van der Waals surface area contributed by atoms with Crippen LogP contribution in [0.5, 0.6) is 0 Å². The van der Waals surface area contributed by atoms with E-state index in [4.69, 9.17) is 4.99 Å². The minimum Gasteiger partial charge on any atom is -0.359 e. The number of hydrogen-bond donors (Lipinski definition) is 0. The first-order chi connectivity index (χ1) is 10.3. The third kappa shape index (κ3) is 2.85. The molecule has 3 rings (SSSR count). The Morgan fingerprint density at radius 3 is 2.52 bits per heavy atom. The minimum absolute atomic E-state index is 0.119. The number of rotatable bonds is 3. The molecule has 0 N–H and O–H groups in total. The maximum atomic E-state index is 5.10. The van der Waals surface area contributed by atoms with Gasteiger partial charge in [-0.3, -0.25) is 4.99 Å². The normalized spacial score (nSPS) is 17.9. The van der Waals surface area contributed by atoms with Crippen molar-refractivity contribution in [3.8, 4) is 0 Å². The highest BCUT2D eigenvalue weighted by atomic mass is 15.2. The van der Waals surface area contributed by atoms with Crippen LogP contribution in [0.15, 0.2) is 59.6 Å². The zero-order valence-corrected chi connectivity index (χ0v) is 12.8. The van der Waals surface area contributed by atoms with Gasteiger partial charge in [0.2, 0.25) is 0 Å². The van der Waals surface area contributed by atoms with Crippen LogP contribution in [0.1, 0.15) is 42.5 Å². The number of aliphatic imine (C=N–C) groups is 1. The predicted octanol–water partition coefficient (Wildman–Crippen LogP) is 4.42. The van der Waals surface area contributed by atoms with Gasteiger partial charge in [0.1, 0.15) is 11.9 Å². The van der Waals surface area contributed by atoms with Gasteiger partial charge in [-0.25, -0.2) is 0 Å². The van der Waals surface area contributed by atoms with E-state index < -0.39 is 0 Å². The summed E-state index contributed by atoms with van der Waals surface area (Å²) in [5.74, 6) is 1.21. The lowest BCUT2D eigenvalue weighted by molar-refractivity contribution is 0.489. The molecule has 2 aromatic carbocycles. The van der Waals surface area contributed by atoms with E-state index in [9.17, 15) is 0 Å². The standard InChI is InChI=1S/C19H22N2/c1-3-9-18-20-19(15-10-5-4-6-11-15)17-13-8-7-12-16(17)14-21(18)2/h4-8,10-13,19H,3,9,14H2,1-2H3/t19-/m0/s1. The van der Waals surface area contributed by atoms with E-state index in [2.05, 4.69) is 73.5 Å². The lowest BCUT2D eigenvalue weighted by atomic mass is 9.95. The van der Waals surface area contributed by atoms with Crippen LogP contribution in [-0.2, 0) is 6.54 Å². The zero-order chi connectivity index (χ0) is 14.7. The molecular weight excluding hydrogens is 256 g/mol. The Morgan fingerprint density at radius 2 is 1.76 bits per heavy atom. The quantitative estimate of drug-likeness (QED) is 0.811. The number of amidine groups is 1. The second-order valence-electron chi connectivity index (χ2n) is 5.66. The van der Waals surface area contributed by atoms with Gasteiger partial charge in [-0.15, -0.1) is 0 Å². The maximum Gasteiger partial charge on any atom is 0.102 e. The van der Waals surface area contributed by atoms with Crippen molar-refractivity contribution in [1.82, 2.24) is 4.90 Å². The molecule has 1 atom stereocenters. The summed E-state index contributed by atoms with van der Waals surface area (Å²) in [6.07, 6.45) is 2.16. The largest absolute Gasteiger partial charge is 0.359 e. The SMILES string of the molecule is CCCC1=N[C@@H](c2ccccc2)c2ccccc2CN1C. The average molecular weight is 278 g/mol. The summed E-state index contributed by atoms with van der Waals surface area (Å²) < 4.78 is 0. The Bertz CT molecular complexity index is 631. The first kappa shape index (κ1) is 13.9. The number of hydrogen-bond acceptors (Lipinski definition) is 2. The average Bonchev–Trinajstić information content (AvgIpc) is 2.66. The third-order valence-electron chi connectivity index (χ3n) is 4.06. The molecule has 0 aromatic heterocycles. The van der Waals surface area contributed by atoms with Crippen molar-refractivity contribution in [1.29, 1.82) is 0 Å². The Labute approximate surface area is 127 Å². The smallest absolute Gasteiger partial charge is 0.102 e. The van der Waals surface area contributed by atoms with Gasteiger partial charge >= 0.3 is 0 Å². The first-order valence-electron chi connectivity index (χ1n) is 7.70. The second kappa shape index (κ2) is 6.13. The molecule has 0 unspecified atom stereocenters. The van der Waals surface area contributed by atoms with E-state index in [0.717, 1.165) is 19.4 Å². The summed E-state index contributed by atoms with van der Waals surface area (Å²) in [6, 6.07) is 19.4. The molecule has 2 aromatic rings. The van der Waals surface area contributed by atoms with E-state index >= 15 is 0 Å². The van der Waals surface area contributed by atoms with Crippen LogP contribution in [-0.4, -0.2) is 17.8 Å². The molecule has 0 fully saturated rings. The van der Waals surface area contributed by atoms with E-state index in [1.165, 1.54) is 22.5 Å². The van der Waals surface area contributed by atoms with Gasteiger partial charge in [0.05, 0.1) is 0 Å². The predicted molar refractivity (Wildman–Crippen MR) is 88.5 cm³/mol. The van der Waals surface area contributed by atoms with Crippen molar-refractivity contribution in [2.24, 2.45) is 4.99 Å². The lowest BCUT2D eigenvalue weighted by Crippen LogP contribution is -2.25. The summed E-state index contributed by atoms with van der Waals surface area (Å²) in [5.41, 5.74) is 3.99. The summed E-state index contributed by atoms with van der Waals surface area (Å²) in [5, 5.41) is 0. The molecule has 2 nitrogen and oxygen atoms in total. The molecule has 1 aliphatic rings. The van der Waals surface area contributed by atoms with Crippen LogP contribution < -0.4 is 0 Å². The summed E-state index contributed by atoms with van der Waals surface area (Å²) in [4.78, 5) is 7.40. The Balaban J connectivity index is 2.12. The Kier molecular flexibility index (Phi) is 4.05. The van der Waals surface area contributed by atoms with E-state index in [1.54, 1.807) is 0 Å². The Hall–Kier alpha value is -2.09. The zero-order valence-electron chi connectivity index (χ0n) is 12.8. The third-order valence-corrected chi connectivity index (χ3v) is 4.06. The molecule has 108 valence electrons. The van der Waals surface area contributed by atoms with E-state index in [0.29, 0.717) is 0 Å². The highest BCUT2D eigenvalue weighted by molar-refractivity contribution is 5.83. The molecule has 0 radical (unpaired) electrons. The van der Waals surface area contributed by atoms with Crippen LogP contribution in [0, 0.1) is 0 Å². The fraction of sp³-hybridized carbons (Fsp3) is 0.316. The molecule has 2 heteroatoms. The van der Waals surface area contributed by atoms with Crippen LogP contribution in [0.3, 0.4) is 0 Å². The van der Waals surface area contributed by atoms with E-state index in [-0.39, 0.29) is 6.04 Å². The van der Waals surface area contributed by atoms with Gasteiger partial charge in [-0.05, 0) is 23.1 Å². The fourth-order valence-electron chi connectivity index (χ4n) is 2.98. The topological polar surface area (TPSA) is 15.6 Å².